The number of halogens is 2. The van der Waals surface area contributed by atoms with Gasteiger partial charge in [0.2, 0.25) is 5.95 Å². The van der Waals surface area contributed by atoms with Crippen molar-refractivity contribution in [1.82, 2.24) is 9.55 Å². The molecule has 0 radical (unpaired) electrons. The van der Waals surface area contributed by atoms with Crippen LogP contribution in [0, 0.1) is 0 Å². The topological polar surface area (TPSA) is 99.4 Å². The van der Waals surface area contributed by atoms with Crippen LogP contribution in [-0.2, 0) is 11.8 Å². The Balaban J connectivity index is 1.96. The lowest BCUT2D eigenvalue weighted by molar-refractivity contribution is 0.0457. The van der Waals surface area contributed by atoms with Gasteiger partial charge in [-0.3, -0.25) is 9.36 Å². The van der Waals surface area contributed by atoms with E-state index < -0.39 is 0 Å². The van der Waals surface area contributed by atoms with Crippen molar-refractivity contribution in [3.63, 3.8) is 0 Å². The van der Waals surface area contributed by atoms with Crippen molar-refractivity contribution in [2.75, 3.05) is 36.9 Å². The molecule has 1 aromatic heterocycles. The van der Waals surface area contributed by atoms with Gasteiger partial charge in [0.15, 0.2) is 0 Å². The van der Waals surface area contributed by atoms with Crippen LogP contribution in [0.15, 0.2) is 32.8 Å². The second-order valence-electron chi connectivity index (χ2n) is 5.82. The first-order chi connectivity index (χ1) is 12.4. The molecule has 0 amide bonds. The van der Waals surface area contributed by atoms with Crippen LogP contribution in [0.2, 0.25) is 10.0 Å². The fraction of sp³-hybridized carbons (Fsp3) is 0.375. The van der Waals surface area contributed by atoms with E-state index in [2.05, 4.69) is 4.98 Å². The third-order valence-corrected chi connectivity index (χ3v) is 6.14. The molecule has 1 fully saturated rings. The van der Waals surface area contributed by atoms with Gasteiger partial charge in [-0.2, -0.15) is 4.98 Å². The Kier molecular flexibility index (Phi) is 5.99. The molecule has 26 heavy (non-hydrogen) atoms. The Morgan fingerprint density at radius 2 is 2.19 bits per heavy atom. The number of hydrogen-bond donors (Lipinski definition) is 2. The fourth-order valence-corrected chi connectivity index (χ4v) is 4.09. The number of ether oxygens (including phenoxy) is 1. The molecule has 0 aliphatic carbocycles. The number of nitrogens with two attached hydrogens (primary N) is 2. The maximum atomic E-state index is 12.9. The Morgan fingerprint density at radius 3 is 2.92 bits per heavy atom. The van der Waals surface area contributed by atoms with Crippen LogP contribution in [-0.4, -0.2) is 41.9 Å². The molecule has 1 saturated heterocycles. The molecule has 7 nitrogen and oxygen atoms in total. The summed E-state index contributed by atoms with van der Waals surface area (Å²) < 4.78 is 7.04. The monoisotopic (exact) mass is 415 g/mol. The maximum absolute atomic E-state index is 12.9. The lowest BCUT2D eigenvalue weighted by Gasteiger charge is -2.33. The summed E-state index contributed by atoms with van der Waals surface area (Å²) in [6, 6.07) is 5.22. The zero-order valence-corrected chi connectivity index (χ0v) is 16.4. The minimum absolute atomic E-state index is 0.0961. The van der Waals surface area contributed by atoms with Crippen LogP contribution in [0.25, 0.3) is 0 Å². The van der Waals surface area contributed by atoms with Gasteiger partial charge >= 0.3 is 0 Å². The van der Waals surface area contributed by atoms with Crippen LogP contribution in [0.1, 0.15) is 0 Å². The van der Waals surface area contributed by atoms with E-state index in [4.69, 9.17) is 39.4 Å². The maximum Gasteiger partial charge on any atom is 0.270 e. The lowest BCUT2D eigenvalue weighted by atomic mass is 10.3. The molecule has 2 aromatic rings. The van der Waals surface area contributed by atoms with Gasteiger partial charge in [0.1, 0.15) is 10.7 Å². The van der Waals surface area contributed by atoms with E-state index in [-0.39, 0.29) is 17.5 Å². The molecule has 140 valence electrons. The van der Waals surface area contributed by atoms with E-state index in [1.54, 1.807) is 25.2 Å². The predicted molar refractivity (Wildman–Crippen MR) is 105 cm³/mol. The van der Waals surface area contributed by atoms with Crippen molar-refractivity contribution in [2.45, 2.75) is 15.9 Å². The highest BCUT2D eigenvalue weighted by Gasteiger charge is 2.24. The Bertz CT molecular complexity index is 876. The first-order valence-corrected chi connectivity index (χ1v) is 9.54. The number of anilines is 2. The van der Waals surface area contributed by atoms with Crippen LogP contribution in [0.3, 0.4) is 0 Å². The molecular formula is C16H19Cl2N5O2S. The van der Waals surface area contributed by atoms with Crippen LogP contribution >= 0.6 is 35.0 Å². The third kappa shape index (κ3) is 3.79. The molecule has 1 unspecified atom stereocenters. The van der Waals surface area contributed by atoms with Crippen molar-refractivity contribution in [3.05, 3.63) is 38.6 Å². The van der Waals surface area contributed by atoms with E-state index in [1.807, 2.05) is 4.90 Å². The average Bonchev–Trinajstić information content (AvgIpc) is 2.65. The normalized spacial score (nSPS) is 17.5. The van der Waals surface area contributed by atoms with Gasteiger partial charge in [0.05, 0.1) is 22.8 Å². The summed E-state index contributed by atoms with van der Waals surface area (Å²) in [5.74, 6) is 0.649. The number of hydrogen-bond acceptors (Lipinski definition) is 7. The molecule has 0 saturated carbocycles. The molecule has 0 spiro atoms. The SMILES string of the molecule is Cn1c(N2CCOC(CN)C2)nc(N)c(Sc2cccc(Cl)c2Cl)c1=O. The second-order valence-corrected chi connectivity index (χ2v) is 7.66. The number of aromatic nitrogens is 2. The number of nitrogen functional groups attached to an aromatic ring is 1. The smallest absolute Gasteiger partial charge is 0.270 e. The van der Waals surface area contributed by atoms with Crippen molar-refractivity contribution in [3.8, 4) is 0 Å². The molecule has 3 rings (SSSR count). The van der Waals surface area contributed by atoms with Gasteiger partial charge < -0.3 is 21.1 Å². The molecule has 4 N–H and O–H groups in total. The highest BCUT2D eigenvalue weighted by Crippen LogP contribution is 2.37. The summed E-state index contributed by atoms with van der Waals surface area (Å²) in [5.41, 5.74) is 11.5. The van der Waals surface area contributed by atoms with Crippen molar-refractivity contribution < 1.29 is 4.74 Å². The first kappa shape index (κ1) is 19.3. The molecule has 1 aliphatic heterocycles. The third-order valence-electron chi connectivity index (χ3n) is 4.06. The molecule has 1 aliphatic rings. The Labute approximate surface area is 165 Å². The summed E-state index contributed by atoms with van der Waals surface area (Å²) >= 11 is 13.4. The molecule has 2 heterocycles. The minimum atomic E-state index is -0.246. The Hall–Kier alpha value is -1.45. The van der Waals surface area contributed by atoms with E-state index in [9.17, 15) is 4.79 Å². The van der Waals surface area contributed by atoms with Gasteiger partial charge in [-0.05, 0) is 12.1 Å². The van der Waals surface area contributed by atoms with Crippen LogP contribution < -0.4 is 21.9 Å². The van der Waals surface area contributed by atoms with E-state index >= 15 is 0 Å². The zero-order valence-electron chi connectivity index (χ0n) is 14.1. The van der Waals surface area contributed by atoms with Crippen molar-refractivity contribution in [2.24, 2.45) is 12.8 Å². The highest BCUT2D eigenvalue weighted by molar-refractivity contribution is 7.99. The number of nitrogens with zero attached hydrogens (tertiary/aromatic N) is 3. The quantitative estimate of drug-likeness (QED) is 0.786. The molecule has 0 bridgehead atoms. The largest absolute Gasteiger partial charge is 0.382 e. The predicted octanol–water partition coefficient (Wildman–Crippen LogP) is 1.98. The van der Waals surface area contributed by atoms with Crippen molar-refractivity contribution in [1.29, 1.82) is 0 Å². The van der Waals surface area contributed by atoms with Gasteiger partial charge in [-0.15, -0.1) is 0 Å². The lowest BCUT2D eigenvalue weighted by Crippen LogP contribution is -2.47. The highest BCUT2D eigenvalue weighted by atomic mass is 35.5. The fourth-order valence-electron chi connectivity index (χ4n) is 2.68. The number of morpholine rings is 1. The van der Waals surface area contributed by atoms with Gasteiger partial charge in [-0.1, -0.05) is 41.0 Å². The summed E-state index contributed by atoms with van der Waals surface area (Å²) in [4.78, 5) is 20.2. The summed E-state index contributed by atoms with van der Waals surface area (Å²) in [5, 5.41) is 0.793. The first-order valence-electron chi connectivity index (χ1n) is 7.97. The number of rotatable bonds is 4. The van der Waals surface area contributed by atoms with E-state index in [0.29, 0.717) is 52.0 Å². The molecule has 1 aromatic carbocycles. The summed E-state index contributed by atoms with van der Waals surface area (Å²) in [7, 11) is 1.67. The van der Waals surface area contributed by atoms with E-state index in [0.717, 1.165) is 11.8 Å². The number of benzene rings is 1. The summed E-state index contributed by atoms with van der Waals surface area (Å²) in [6.07, 6.45) is -0.0961. The Morgan fingerprint density at radius 1 is 1.42 bits per heavy atom. The molecular weight excluding hydrogens is 397 g/mol. The van der Waals surface area contributed by atoms with Crippen LogP contribution in [0.4, 0.5) is 11.8 Å². The summed E-state index contributed by atoms with van der Waals surface area (Å²) in [6.45, 7) is 2.10. The zero-order chi connectivity index (χ0) is 18.8. The molecule has 10 heteroatoms. The minimum Gasteiger partial charge on any atom is -0.382 e. The van der Waals surface area contributed by atoms with Gasteiger partial charge in [0, 0.05) is 31.6 Å². The van der Waals surface area contributed by atoms with Crippen molar-refractivity contribution >= 4 is 46.7 Å². The van der Waals surface area contributed by atoms with Gasteiger partial charge in [-0.25, -0.2) is 0 Å². The van der Waals surface area contributed by atoms with E-state index in [1.165, 1.54) is 4.57 Å². The average molecular weight is 416 g/mol. The van der Waals surface area contributed by atoms with Crippen LogP contribution in [0.5, 0.6) is 0 Å². The van der Waals surface area contributed by atoms with Gasteiger partial charge in [0.25, 0.3) is 5.56 Å². The standard InChI is InChI=1S/C16H19Cl2N5O2S/c1-22-15(24)13(26-11-4-2-3-10(17)12(11)18)14(20)21-16(22)23-5-6-25-9(7-19)8-23/h2-4,9H,5-8,19-20H2,1H3. The molecule has 1 atom stereocenters. The second kappa shape index (κ2) is 8.06.